The fraction of sp³-hybridized carbons (Fsp3) is 0.533. The Bertz CT molecular complexity index is 430. The summed E-state index contributed by atoms with van der Waals surface area (Å²) in [5.74, 6) is 0. The van der Waals surface area contributed by atoms with Crippen molar-refractivity contribution in [3.63, 3.8) is 0 Å². The molecule has 4 nitrogen and oxygen atoms in total. The van der Waals surface area contributed by atoms with E-state index in [0.29, 0.717) is 6.42 Å². The smallest absolute Gasteiger partial charge is 0.0621 e. The first-order chi connectivity index (χ1) is 9.29. The highest BCUT2D eigenvalue weighted by atomic mass is 15.3. The molecule has 0 radical (unpaired) electrons. The summed E-state index contributed by atoms with van der Waals surface area (Å²) in [5, 5.41) is 8.51. The first kappa shape index (κ1) is 13.7. The molecule has 0 amide bonds. The summed E-state index contributed by atoms with van der Waals surface area (Å²) in [7, 11) is 0. The highest BCUT2D eigenvalue weighted by Gasteiger charge is 2.16. The molecule has 2 N–H and O–H groups in total. The third kappa shape index (κ3) is 4.15. The molecule has 1 aromatic carbocycles. The van der Waals surface area contributed by atoms with Crippen molar-refractivity contribution in [1.82, 2.24) is 4.90 Å². The third-order valence-corrected chi connectivity index (χ3v) is 3.62. The van der Waals surface area contributed by atoms with E-state index in [0.717, 1.165) is 51.3 Å². The minimum atomic E-state index is 0.684. The molecule has 2 rings (SSSR count). The SMILES string of the molecule is N#CCCCCN1CCN(c2cccc(N)c2)CC1. The number of nitrogen functional groups attached to an aromatic ring is 1. The topological polar surface area (TPSA) is 56.3 Å². The van der Waals surface area contributed by atoms with Crippen molar-refractivity contribution < 1.29 is 0 Å². The number of benzene rings is 1. The van der Waals surface area contributed by atoms with Crippen molar-refractivity contribution in [2.75, 3.05) is 43.4 Å². The quantitative estimate of drug-likeness (QED) is 0.649. The molecule has 19 heavy (non-hydrogen) atoms. The largest absolute Gasteiger partial charge is 0.399 e. The normalized spacial score (nSPS) is 16.3. The maximum absolute atomic E-state index is 8.51. The maximum atomic E-state index is 8.51. The van der Waals surface area contributed by atoms with Gasteiger partial charge in [0.15, 0.2) is 0 Å². The highest BCUT2D eigenvalue weighted by molar-refractivity contribution is 5.56. The number of hydrogen-bond acceptors (Lipinski definition) is 4. The second kappa shape index (κ2) is 7.01. The lowest BCUT2D eigenvalue weighted by Crippen LogP contribution is -2.46. The number of rotatable bonds is 5. The van der Waals surface area contributed by atoms with Crippen LogP contribution >= 0.6 is 0 Å². The molecule has 0 bridgehead atoms. The first-order valence-corrected chi connectivity index (χ1v) is 6.99. The zero-order valence-corrected chi connectivity index (χ0v) is 11.4. The van der Waals surface area contributed by atoms with Gasteiger partial charge in [-0.05, 0) is 37.6 Å². The van der Waals surface area contributed by atoms with E-state index in [2.05, 4.69) is 21.9 Å². The van der Waals surface area contributed by atoms with Crippen LogP contribution in [0.4, 0.5) is 11.4 Å². The molecule has 0 saturated carbocycles. The van der Waals surface area contributed by atoms with Crippen molar-refractivity contribution in [3.05, 3.63) is 24.3 Å². The first-order valence-electron chi connectivity index (χ1n) is 6.99. The molecule has 0 atom stereocenters. The van der Waals surface area contributed by atoms with Crippen molar-refractivity contribution in [3.8, 4) is 6.07 Å². The van der Waals surface area contributed by atoms with Crippen LogP contribution in [0.1, 0.15) is 19.3 Å². The van der Waals surface area contributed by atoms with Crippen LogP contribution in [-0.2, 0) is 0 Å². The average molecular weight is 258 g/mol. The Balaban J connectivity index is 1.75. The van der Waals surface area contributed by atoms with Crippen LogP contribution in [0.15, 0.2) is 24.3 Å². The van der Waals surface area contributed by atoms with Gasteiger partial charge in [-0.3, -0.25) is 4.90 Å². The van der Waals surface area contributed by atoms with Crippen molar-refractivity contribution in [2.24, 2.45) is 0 Å². The van der Waals surface area contributed by atoms with Crippen molar-refractivity contribution in [1.29, 1.82) is 5.26 Å². The predicted octanol–water partition coefficient (Wildman–Crippen LogP) is 2.08. The van der Waals surface area contributed by atoms with Gasteiger partial charge < -0.3 is 10.6 Å². The summed E-state index contributed by atoms with van der Waals surface area (Å²) in [6.45, 7) is 5.43. The van der Waals surface area contributed by atoms with Gasteiger partial charge in [0.1, 0.15) is 0 Å². The van der Waals surface area contributed by atoms with E-state index in [1.165, 1.54) is 5.69 Å². The second-order valence-electron chi connectivity index (χ2n) is 5.04. The van der Waals surface area contributed by atoms with Gasteiger partial charge in [0.2, 0.25) is 0 Å². The van der Waals surface area contributed by atoms with Gasteiger partial charge in [-0.1, -0.05) is 6.07 Å². The Labute approximate surface area is 115 Å². The van der Waals surface area contributed by atoms with Crippen molar-refractivity contribution in [2.45, 2.75) is 19.3 Å². The van der Waals surface area contributed by atoms with Crippen LogP contribution in [0.25, 0.3) is 0 Å². The van der Waals surface area contributed by atoms with Crippen LogP contribution < -0.4 is 10.6 Å². The van der Waals surface area contributed by atoms with E-state index >= 15 is 0 Å². The number of unbranched alkanes of at least 4 members (excludes halogenated alkanes) is 2. The summed E-state index contributed by atoms with van der Waals surface area (Å²) in [6.07, 6.45) is 2.83. The van der Waals surface area contributed by atoms with Gasteiger partial charge in [-0.2, -0.15) is 5.26 Å². The molecule has 1 aliphatic heterocycles. The lowest BCUT2D eigenvalue weighted by Gasteiger charge is -2.36. The van der Waals surface area contributed by atoms with Crippen LogP contribution in [0.5, 0.6) is 0 Å². The summed E-state index contributed by atoms with van der Waals surface area (Å²) >= 11 is 0. The Hall–Kier alpha value is -1.73. The fourth-order valence-corrected chi connectivity index (χ4v) is 2.49. The van der Waals surface area contributed by atoms with E-state index in [-0.39, 0.29) is 0 Å². The monoisotopic (exact) mass is 258 g/mol. The molecule has 1 heterocycles. The summed E-state index contributed by atoms with van der Waals surface area (Å²) in [4.78, 5) is 4.88. The van der Waals surface area contributed by atoms with Crippen LogP contribution in [-0.4, -0.2) is 37.6 Å². The van der Waals surface area contributed by atoms with E-state index in [4.69, 9.17) is 11.0 Å². The minimum absolute atomic E-state index is 0.684. The fourth-order valence-electron chi connectivity index (χ4n) is 2.49. The molecule has 0 spiro atoms. The Kier molecular flexibility index (Phi) is 5.05. The lowest BCUT2D eigenvalue weighted by molar-refractivity contribution is 0.253. The number of anilines is 2. The van der Waals surface area contributed by atoms with Gasteiger partial charge in [-0.25, -0.2) is 0 Å². The molecule has 0 aliphatic carbocycles. The third-order valence-electron chi connectivity index (χ3n) is 3.62. The van der Waals surface area contributed by atoms with E-state index in [1.807, 2.05) is 18.2 Å². The summed E-state index contributed by atoms with van der Waals surface area (Å²) in [6, 6.07) is 10.3. The molecule has 1 aliphatic rings. The second-order valence-corrected chi connectivity index (χ2v) is 5.04. The predicted molar refractivity (Wildman–Crippen MR) is 79.0 cm³/mol. The number of hydrogen-bond donors (Lipinski definition) is 1. The molecular formula is C15H22N4. The highest BCUT2D eigenvalue weighted by Crippen LogP contribution is 2.19. The standard InChI is InChI=1S/C15H22N4/c16-7-2-1-3-8-18-9-11-19(12-10-18)15-6-4-5-14(17)13-15/h4-6,13H,1-3,8-12,17H2. The minimum Gasteiger partial charge on any atom is -0.399 e. The van der Waals surface area contributed by atoms with Crippen LogP contribution in [0, 0.1) is 11.3 Å². The zero-order chi connectivity index (χ0) is 13.5. The Morgan fingerprint density at radius 2 is 1.95 bits per heavy atom. The number of nitrogens with two attached hydrogens (primary N) is 1. The molecular weight excluding hydrogens is 236 g/mol. The van der Waals surface area contributed by atoms with E-state index in [9.17, 15) is 0 Å². The van der Waals surface area contributed by atoms with Gasteiger partial charge in [0.05, 0.1) is 6.07 Å². The molecule has 1 fully saturated rings. The Morgan fingerprint density at radius 1 is 1.16 bits per heavy atom. The van der Waals surface area contributed by atoms with E-state index < -0.39 is 0 Å². The molecule has 0 unspecified atom stereocenters. The van der Waals surface area contributed by atoms with Gasteiger partial charge in [-0.15, -0.1) is 0 Å². The lowest BCUT2D eigenvalue weighted by atomic mass is 10.2. The maximum Gasteiger partial charge on any atom is 0.0621 e. The van der Waals surface area contributed by atoms with Crippen LogP contribution in [0.3, 0.4) is 0 Å². The van der Waals surface area contributed by atoms with Crippen LogP contribution in [0.2, 0.25) is 0 Å². The number of nitrogens with zero attached hydrogens (tertiary/aromatic N) is 3. The number of nitriles is 1. The van der Waals surface area contributed by atoms with Gasteiger partial charge >= 0.3 is 0 Å². The molecule has 4 heteroatoms. The van der Waals surface area contributed by atoms with E-state index in [1.54, 1.807) is 0 Å². The molecule has 0 aromatic heterocycles. The Morgan fingerprint density at radius 3 is 2.63 bits per heavy atom. The van der Waals surface area contributed by atoms with Gasteiger partial charge in [0.25, 0.3) is 0 Å². The molecule has 102 valence electrons. The number of piperazine rings is 1. The summed E-state index contributed by atoms with van der Waals surface area (Å²) in [5.41, 5.74) is 7.88. The molecule has 1 saturated heterocycles. The average Bonchev–Trinajstić information content (AvgIpc) is 2.44. The zero-order valence-electron chi connectivity index (χ0n) is 11.4. The molecule has 1 aromatic rings. The summed E-state index contributed by atoms with van der Waals surface area (Å²) < 4.78 is 0. The van der Waals surface area contributed by atoms with Gasteiger partial charge in [0, 0.05) is 44.0 Å². The van der Waals surface area contributed by atoms with Crippen molar-refractivity contribution >= 4 is 11.4 Å².